The Balaban J connectivity index is 2.61. The Morgan fingerprint density at radius 2 is 2.08 bits per heavy atom. The zero-order valence-electron chi connectivity index (χ0n) is 15.6. The second-order valence-electron chi connectivity index (χ2n) is 6.10. The van der Waals surface area contributed by atoms with Gasteiger partial charge in [-0.15, -0.1) is 10.8 Å². The Bertz CT molecular complexity index is 532. The molecule has 1 rings (SSSR count). The van der Waals surface area contributed by atoms with Crippen molar-refractivity contribution in [3.8, 4) is 0 Å². The van der Waals surface area contributed by atoms with E-state index >= 15 is 0 Å². The molecule has 146 valence electrons. The average Bonchev–Trinajstić information content (AvgIpc) is 2.67. The molecule has 3 N–H and O–H groups in total. The number of carbonyl (C=O) groups excluding carboxylic acids is 2. The molecule has 0 saturated heterocycles. The molecule has 1 amide bonds. The van der Waals surface area contributed by atoms with E-state index in [9.17, 15) is 14.8 Å². The highest BCUT2D eigenvalue weighted by Crippen LogP contribution is 2.08. The number of aldehydes is 1. The number of rotatable bonds is 13. The van der Waals surface area contributed by atoms with Crippen LogP contribution in [0.15, 0.2) is 30.3 Å². The lowest BCUT2D eigenvalue weighted by Crippen LogP contribution is -3.14. The minimum atomic E-state index is -0.750. The number of benzene rings is 1. The number of amides is 1. The number of thioether (sulfide) groups is 1. The molecule has 0 saturated carbocycles. The second kappa shape index (κ2) is 12.8. The Labute approximate surface area is 159 Å². The van der Waals surface area contributed by atoms with Crippen molar-refractivity contribution in [2.45, 2.75) is 45.4 Å². The van der Waals surface area contributed by atoms with Crippen LogP contribution in [0.1, 0.15) is 32.3 Å². The van der Waals surface area contributed by atoms with E-state index in [4.69, 9.17) is 4.84 Å². The number of carbonyl (C=O) groups is 2. The fraction of sp³-hybridized carbons (Fsp3) is 0.556. The first-order valence-corrected chi connectivity index (χ1v) is 10.1. The first-order valence-electron chi connectivity index (χ1n) is 8.73. The summed E-state index contributed by atoms with van der Waals surface area (Å²) in [4.78, 5) is 28.9. The van der Waals surface area contributed by atoms with Gasteiger partial charge in [-0.3, -0.25) is 4.79 Å². The first kappa shape index (κ1) is 22.6. The maximum atomic E-state index is 12.5. The first-order chi connectivity index (χ1) is 12.5. The molecule has 4 unspecified atom stereocenters. The maximum absolute atomic E-state index is 12.5. The summed E-state index contributed by atoms with van der Waals surface area (Å²) in [5, 5.41) is 14.1. The Hall–Kier alpha value is -1.45. The van der Waals surface area contributed by atoms with Gasteiger partial charge in [0.25, 0.3) is 0 Å². The van der Waals surface area contributed by atoms with Crippen LogP contribution in [0.2, 0.25) is 0 Å². The standard InChI is InChI=1S/C18H29N3O4S/c1-4-14(2)17(18(23)19-16(12-22)10-11-26-3)20-21(24)25-13-15-8-6-5-7-9-15/h5-9,12,14,16-17,20-21H,4,10-11,13H2,1-3H3,(H,19,23). The van der Waals surface area contributed by atoms with Gasteiger partial charge in [0.15, 0.2) is 0 Å². The molecule has 1 aromatic carbocycles. The van der Waals surface area contributed by atoms with Crippen molar-refractivity contribution in [3.05, 3.63) is 41.1 Å². The van der Waals surface area contributed by atoms with E-state index in [2.05, 4.69) is 10.7 Å². The van der Waals surface area contributed by atoms with E-state index in [1.54, 1.807) is 11.8 Å². The predicted molar refractivity (Wildman–Crippen MR) is 103 cm³/mol. The lowest BCUT2D eigenvalue weighted by Gasteiger charge is -2.29. The molecule has 7 nitrogen and oxygen atoms in total. The lowest BCUT2D eigenvalue weighted by molar-refractivity contribution is -1.09. The highest BCUT2D eigenvalue weighted by atomic mass is 32.2. The summed E-state index contributed by atoms with van der Waals surface area (Å²) in [7, 11) is 0. The van der Waals surface area contributed by atoms with Crippen LogP contribution in [-0.4, -0.2) is 36.3 Å². The molecule has 0 aliphatic carbocycles. The van der Waals surface area contributed by atoms with E-state index in [0.29, 0.717) is 12.8 Å². The van der Waals surface area contributed by atoms with Crippen molar-refractivity contribution in [2.75, 3.05) is 12.0 Å². The van der Waals surface area contributed by atoms with Gasteiger partial charge in [-0.05, 0) is 29.9 Å². The summed E-state index contributed by atoms with van der Waals surface area (Å²) in [6.45, 7) is 3.94. The zero-order valence-corrected chi connectivity index (χ0v) is 16.4. The van der Waals surface area contributed by atoms with Crippen LogP contribution < -0.4 is 16.1 Å². The van der Waals surface area contributed by atoms with Crippen LogP contribution >= 0.6 is 11.8 Å². The molecule has 4 atom stereocenters. The van der Waals surface area contributed by atoms with Gasteiger partial charge in [-0.25, -0.2) is 0 Å². The van der Waals surface area contributed by atoms with Crippen LogP contribution in [0, 0.1) is 11.1 Å². The minimum Gasteiger partial charge on any atom is -0.579 e. The molecule has 0 spiro atoms. The maximum Gasteiger partial charge on any atom is 0.243 e. The van der Waals surface area contributed by atoms with Gasteiger partial charge in [0.1, 0.15) is 18.9 Å². The smallest absolute Gasteiger partial charge is 0.243 e. The molecule has 0 aromatic heterocycles. The Morgan fingerprint density at radius 1 is 1.38 bits per heavy atom. The predicted octanol–water partition coefficient (Wildman–Crippen LogP) is 0.857. The van der Waals surface area contributed by atoms with Gasteiger partial charge in [0.05, 0.1) is 6.04 Å². The molecule has 8 heteroatoms. The molecule has 0 aliphatic rings. The SMILES string of the molecule is CCC(C)C(N[NH+]([O-])OCc1ccccc1)C(=O)NC(C=O)CCSC. The van der Waals surface area contributed by atoms with E-state index in [1.165, 1.54) is 0 Å². The number of quaternary nitrogens is 1. The number of hydrogen-bond donors (Lipinski definition) is 3. The number of hydrogen-bond acceptors (Lipinski definition) is 6. The molecule has 26 heavy (non-hydrogen) atoms. The molecular weight excluding hydrogens is 354 g/mol. The summed E-state index contributed by atoms with van der Waals surface area (Å²) in [5.74, 6) is 0.311. The topological polar surface area (TPSA) is 94.9 Å². The van der Waals surface area contributed by atoms with Crippen LogP contribution in [0.5, 0.6) is 0 Å². The molecule has 0 aliphatic heterocycles. The zero-order chi connectivity index (χ0) is 19.4. The van der Waals surface area contributed by atoms with Crippen molar-refractivity contribution in [1.29, 1.82) is 0 Å². The largest absolute Gasteiger partial charge is 0.579 e. The summed E-state index contributed by atoms with van der Waals surface area (Å²) in [6, 6.07) is 8.01. The summed E-state index contributed by atoms with van der Waals surface area (Å²) in [5.41, 5.74) is 3.49. The van der Waals surface area contributed by atoms with Crippen molar-refractivity contribution in [1.82, 2.24) is 10.7 Å². The van der Waals surface area contributed by atoms with Crippen LogP contribution in [0.25, 0.3) is 0 Å². The summed E-state index contributed by atoms with van der Waals surface area (Å²) in [6.07, 6.45) is 3.93. The quantitative estimate of drug-likeness (QED) is 0.345. The summed E-state index contributed by atoms with van der Waals surface area (Å²) < 4.78 is 0. The summed E-state index contributed by atoms with van der Waals surface area (Å²) >= 11 is 1.61. The molecule has 0 heterocycles. The third-order valence-electron chi connectivity index (χ3n) is 4.11. The van der Waals surface area contributed by atoms with Gasteiger partial charge in [-0.1, -0.05) is 50.6 Å². The van der Waals surface area contributed by atoms with Crippen molar-refractivity contribution >= 4 is 24.0 Å². The molecule has 1 aromatic rings. The normalized spacial score (nSPS) is 15.7. The molecular formula is C18H29N3O4S. The van der Waals surface area contributed by atoms with Crippen LogP contribution in [-0.2, 0) is 21.0 Å². The van der Waals surface area contributed by atoms with Crippen molar-refractivity contribution in [3.63, 3.8) is 0 Å². The highest BCUT2D eigenvalue weighted by molar-refractivity contribution is 7.98. The number of nitrogens with one attached hydrogen (secondary N) is 3. The van der Waals surface area contributed by atoms with E-state index in [0.717, 1.165) is 17.6 Å². The second-order valence-corrected chi connectivity index (χ2v) is 7.09. The van der Waals surface area contributed by atoms with Gasteiger partial charge < -0.3 is 15.3 Å². The van der Waals surface area contributed by atoms with E-state index in [1.807, 2.05) is 50.4 Å². The van der Waals surface area contributed by atoms with Gasteiger partial charge in [0.2, 0.25) is 5.91 Å². The third kappa shape index (κ3) is 8.29. The fourth-order valence-electron chi connectivity index (χ4n) is 2.29. The molecule has 0 bridgehead atoms. The lowest BCUT2D eigenvalue weighted by atomic mass is 9.98. The highest BCUT2D eigenvalue weighted by Gasteiger charge is 2.28. The molecule has 0 fully saturated rings. The van der Waals surface area contributed by atoms with Crippen molar-refractivity contribution in [2.24, 2.45) is 5.92 Å². The Morgan fingerprint density at radius 3 is 2.65 bits per heavy atom. The van der Waals surface area contributed by atoms with Gasteiger partial charge >= 0.3 is 0 Å². The third-order valence-corrected chi connectivity index (χ3v) is 4.75. The van der Waals surface area contributed by atoms with Crippen LogP contribution in [0.4, 0.5) is 0 Å². The van der Waals surface area contributed by atoms with Gasteiger partial charge in [-0.2, -0.15) is 16.6 Å². The molecule has 0 radical (unpaired) electrons. The van der Waals surface area contributed by atoms with E-state index < -0.39 is 17.4 Å². The van der Waals surface area contributed by atoms with Crippen LogP contribution in [0.3, 0.4) is 0 Å². The monoisotopic (exact) mass is 383 g/mol. The minimum absolute atomic E-state index is 0.0906. The van der Waals surface area contributed by atoms with Gasteiger partial charge in [0, 0.05) is 0 Å². The van der Waals surface area contributed by atoms with E-state index in [-0.39, 0.29) is 18.4 Å². The Kier molecular flexibility index (Phi) is 11.1. The fourth-order valence-corrected chi connectivity index (χ4v) is 2.77. The average molecular weight is 384 g/mol. The van der Waals surface area contributed by atoms with Crippen molar-refractivity contribution < 1.29 is 19.8 Å².